The zero-order chi connectivity index (χ0) is 33.7. The first-order chi connectivity index (χ1) is 23.1. The van der Waals surface area contributed by atoms with Gasteiger partial charge in [-0.05, 0) is 91.0 Å². The number of hydrogen-bond donors (Lipinski definition) is 0. The van der Waals surface area contributed by atoms with Crippen molar-refractivity contribution in [3.8, 4) is 0 Å². The lowest BCUT2D eigenvalue weighted by atomic mass is 9.92. The van der Waals surface area contributed by atoms with E-state index in [1.165, 1.54) is 141 Å². The molecule has 3 nitrogen and oxygen atoms in total. The molecule has 0 radical (unpaired) electrons. The summed E-state index contributed by atoms with van der Waals surface area (Å²) in [6.45, 7) is 9.02. The van der Waals surface area contributed by atoms with E-state index in [1.54, 1.807) is 0 Å². The monoisotopic (exact) mass is 654 g/mol. The van der Waals surface area contributed by atoms with Gasteiger partial charge in [-0.3, -0.25) is 0 Å². The van der Waals surface area contributed by atoms with E-state index in [0.717, 1.165) is 38.8 Å². The third kappa shape index (κ3) is 20.8. The number of likely N-dealkylation sites (tertiary alicyclic amines) is 1. The summed E-state index contributed by atoms with van der Waals surface area (Å²) < 4.78 is 13.7. The molecule has 0 bridgehead atoms. The Morgan fingerprint density at radius 2 is 0.915 bits per heavy atom. The van der Waals surface area contributed by atoms with Gasteiger partial charge in [0.2, 0.25) is 0 Å². The molecule has 0 aliphatic carbocycles. The van der Waals surface area contributed by atoms with Crippen LogP contribution in [0.3, 0.4) is 0 Å². The molecule has 3 atom stereocenters. The SMILES string of the molecule is CCCCC/C=C\C/C=C\CCCCCCCCC1(CCCCCCCC/C=C\C/C=C\CCCCC)OC(C)C2CN(C)CC2O1. The first-order valence-electron chi connectivity index (χ1n) is 20.7. The number of unbranched alkanes of at least 4 members (excludes halogenated alkanes) is 18. The first-order valence-corrected chi connectivity index (χ1v) is 20.7. The standard InChI is InChI=1S/C44H79NO2/c1-5-7-9-11-13-15-17-19-21-23-25-27-29-31-33-35-37-44(46-41(3)42-39-45(4)40-43(42)47-44)38-36-34-32-30-28-26-24-22-20-18-16-14-12-10-8-6-2/h13-16,19-22,41-43H,5-12,17-18,23-40H2,1-4H3/b15-13-,16-14-,21-19-,22-20-. The van der Waals surface area contributed by atoms with Crippen LogP contribution in [0.1, 0.15) is 188 Å². The number of likely N-dealkylation sites (N-methyl/N-ethyl adjacent to an activating group) is 1. The number of ether oxygens (including phenoxy) is 2. The minimum Gasteiger partial charge on any atom is -0.347 e. The lowest BCUT2D eigenvalue weighted by molar-refractivity contribution is -0.332. The van der Waals surface area contributed by atoms with Crippen LogP contribution in [0.15, 0.2) is 48.6 Å². The molecule has 3 heteroatoms. The van der Waals surface area contributed by atoms with Gasteiger partial charge >= 0.3 is 0 Å². The maximum absolute atomic E-state index is 6.90. The molecule has 0 amide bonds. The number of allylic oxidation sites excluding steroid dienone is 8. The summed E-state index contributed by atoms with van der Waals surface area (Å²) in [5.41, 5.74) is 0. The summed E-state index contributed by atoms with van der Waals surface area (Å²) in [5, 5.41) is 0. The van der Waals surface area contributed by atoms with E-state index in [-0.39, 0.29) is 5.79 Å². The van der Waals surface area contributed by atoms with Crippen LogP contribution < -0.4 is 0 Å². The van der Waals surface area contributed by atoms with E-state index in [1.807, 2.05) is 0 Å². The second kappa shape index (κ2) is 28.7. The molecule has 2 aliphatic rings. The minimum atomic E-state index is -0.351. The van der Waals surface area contributed by atoms with E-state index >= 15 is 0 Å². The number of rotatable bonds is 30. The van der Waals surface area contributed by atoms with Crippen LogP contribution >= 0.6 is 0 Å². The van der Waals surface area contributed by atoms with Crippen LogP contribution in [0.5, 0.6) is 0 Å². The highest BCUT2D eigenvalue weighted by Crippen LogP contribution is 2.41. The summed E-state index contributed by atoms with van der Waals surface area (Å²) in [4.78, 5) is 2.44. The summed E-state index contributed by atoms with van der Waals surface area (Å²) >= 11 is 0. The molecule has 2 heterocycles. The van der Waals surface area contributed by atoms with Crippen LogP contribution in [-0.2, 0) is 9.47 Å². The molecule has 2 saturated heterocycles. The number of hydrogen-bond acceptors (Lipinski definition) is 3. The predicted octanol–water partition coefficient (Wildman–Crippen LogP) is 13.5. The molecule has 0 aromatic carbocycles. The zero-order valence-electron chi connectivity index (χ0n) is 31.9. The van der Waals surface area contributed by atoms with E-state index in [4.69, 9.17) is 9.47 Å². The highest BCUT2D eigenvalue weighted by molar-refractivity contribution is 4.95. The van der Waals surface area contributed by atoms with E-state index in [9.17, 15) is 0 Å². The van der Waals surface area contributed by atoms with Crippen molar-refractivity contribution in [1.82, 2.24) is 4.90 Å². The average molecular weight is 654 g/mol. The fourth-order valence-electron chi connectivity index (χ4n) is 7.43. The normalized spacial score (nSPS) is 21.7. The molecule has 2 fully saturated rings. The smallest absolute Gasteiger partial charge is 0.169 e. The van der Waals surface area contributed by atoms with E-state index in [0.29, 0.717) is 18.1 Å². The van der Waals surface area contributed by atoms with Gasteiger partial charge in [0.25, 0.3) is 0 Å². The van der Waals surface area contributed by atoms with Gasteiger partial charge in [-0.1, -0.05) is 140 Å². The molecule has 0 spiro atoms. The summed E-state index contributed by atoms with van der Waals surface area (Å²) in [6, 6.07) is 0. The zero-order valence-corrected chi connectivity index (χ0v) is 31.9. The van der Waals surface area contributed by atoms with Crippen molar-refractivity contribution in [2.75, 3.05) is 20.1 Å². The fraction of sp³-hybridized carbons (Fsp3) is 0.818. The van der Waals surface area contributed by atoms with Crippen LogP contribution in [0.4, 0.5) is 0 Å². The number of nitrogens with zero attached hydrogens (tertiary/aromatic N) is 1. The molecule has 0 aromatic rings. The van der Waals surface area contributed by atoms with Crippen molar-refractivity contribution >= 4 is 0 Å². The van der Waals surface area contributed by atoms with Crippen molar-refractivity contribution in [3.05, 3.63) is 48.6 Å². The van der Waals surface area contributed by atoms with Gasteiger partial charge < -0.3 is 14.4 Å². The van der Waals surface area contributed by atoms with Crippen molar-refractivity contribution < 1.29 is 9.47 Å². The van der Waals surface area contributed by atoms with Gasteiger partial charge in [0.15, 0.2) is 5.79 Å². The molecular weight excluding hydrogens is 574 g/mol. The Bertz CT molecular complexity index is 781. The molecule has 3 unspecified atom stereocenters. The Kier molecular flexibility index (Phi) is 25.6. The van der Waals surface area contributed by atoms with Crippen LogP contribution in [0.25, 0.3) is 0 Å². The Morgan fingerprint density at radius 3 is 1.36 bits per heavy atom. The van der Waals surface area contributed by atoms with Gasteiger partial charge in [0.1, 0.15) is 0 Å². The molecule has 272 valence electrons. The van der Waals surface area contributed by atoms with Gasteiger partial charge in [-0.15, -0.1) is 0 Å². The molecule has 2 rings (SSSR count). The average Bonchev–Trinajstić information content (AvgIpc) is 3.44. The topological polar surface area (TPSA) is 21.7 Å². The maximum Gasteiger partial charge on any atom is 0.169 e. The van der Waals surface area contributed by atoms with E-state index in [2.05, 4.69) is 81.3 Å². The van der Waals surface area contributed by atoms with Crippen LogP contribution in [0.2, 0.25) is 0 Å². The van der Waals surface area contributed by atoms with Gasteiger partial charge in [0.05, 0.1) is 12.2 Å². The first kappa shape index (κ1) is 42.0. The van der Waals surface area contributed by atoms with E-state index < -0.39 is 0 Å². The molecule has 0 saturated carbocycles. The number of fused-ring (bicyclic) bond motifs is 1. The highest BCUT2D eigenvalue weighted by atomic mass is 16.7. The van der Waals surface area contributed by atoms with Gasteiger partial charge in [0, 0.05) is 31.8 Å². The lowest BCUT2D eigenvalue weighted by Crippen LogP contribution is -2.52. The van der Waals surface area contributed by atoms with Crippen molar-refractivity contribution in [3.63, 3.8) is 0 Å². The Morgan fingerprint density at radius 1 is 0.511 bits per heavy atom. The van der Waals surface area contributed by atoms with Crippen LogP contribution in [0, 0.1) is 5.92 Å². The summed E-state index contributed by atoms with van der Waals surface area (Å²) in [5.74, 6) is 0.177. The molecule has 2 aliphatic heterocycles. The molecule has 0 aromatic heterocycles. The third-order valence-corrected chi connectivity index (χ3v) is 10.4. The third-order valence-electron chi connectivity index (χ3n) is 10.4. The molecule has 0 N–H and O–H groups in total. The lowest BCUT2D eigenvalue weighted by Gasteiger charge is -2.46. The van der Waals surface area contributed by atoms with Crippen molar-refractivity contribution in [1.29, 1.82) is 0 Å². The summed E-state index contributed by atoms with van der Waals surface area (Å²) in [6.07, 6.45) is 52.7. The Balaban J connectivity index is 1.57. The molecular formula is C44H79NO2. The van der Waals surface area contributed by atoms with Crippen molar-refractivity contribution in [2.45, 2.75) is 206 Å². The minimum absolute atomic E-state index is 0.299. The largest absolute Gasteiger partial charge is 0.347 e. The second-order valence-electron chi connectivity index (χ2n) is 14.9. The fourth-order valence-corrected chi connectivity index (χ4v) is 7.43. The van der Waals surface area contributed by atoms with Crippen molar-refractivity contribution in [2.24, 2.45) is 5.92 Å². The second-order valence-corrected chi connectivity index (χ2v) is 14.9. The maximum atomic E-state index is 6.90. The quantitative estimate of drug-likeness (QED) is 0.0569. The Labute approximate surface area is 294 Å². The van der Waals surface area contributed by atoms with Crippen LogP contribution in [-0.4, -0.2) is 43.0 Å². The highest BCUT2D eigenvalue weighted by Gasteiger charge is 2.48. The van der Waals surface area contributed by atoms with Gasteiger partial charge in [-0.25, -0.2) is 0 Å². The predicted molar refractivity (Wildman–Crippen MR) is 207 cm³/mol. The van der Waals surface area contributed by atoms with Gasteiger partial charge in [-0.2, -0.15) is 0 Å². The summed E-state index contributed by atoms with van der Waals surface area (Å²) in [7, 11) is 2.24. The Hall–Kier alpha value is -1.16. The molecule has 47 heavy (non-hydrogen) atoms.